The van der Waals surface area contributed by atoms with Crippen LogP contribution in [0.2, 0.25) is 0 Å². The predicted molar refractivity (Wildman–Crippen MR) is 67.7 cm³/mol. The van der Waals surface area contributed by atoms with E-state index in [9.17, 15) is 14.3 Å². The average Bonchev–Trinajstić information content (AvgIpc) is 2.64. The standard InChI is InChI=1S/C14H18FNO3/c1-19-13-12(15)10(7-8-16-13)9-5-3-2-4-6-11(9)14(17)18/h7-9,11H,2-6H2,1H3,(H,17,18). The molecule has 5 heteroatoms. The van der Waals surface area contributed by atoms with Gasteiger partial charge in [0.15, 0.2) is 5.82 Å². The lowest BCUT2D eigenvalue weighted by atomic mass is 9.82. The first-order valence-corrected chi connectivity index (χ1v) is 6.56. The molecule has 0 aliphatic heterocycles. The largest absolute Gasteiger partial charge is 0.481 e. The van der Waals surface area contributed by atoms with E-state index in [0.717, 1.165) is 19.3 Å². The lowest BCUT2D eigenvalue weighted by molar-refractivity contribution is -0.142. The van der Waals surface area contributed by atoms with Gasteiger partial charge in [-0.3, -0.25) is 4.79 Å². The fourth-order valence-corrected chi connectivity index (χ4v) is 2.84. The number of hydrogen-bond acceptors (Lipinski definition) is 3. The van der Waals surface area contributed by atoms with Crippen LogP contribution in [0.15, 0.2) is 12.3 Å². The third-order valence-electron chi connectivity index (χ3n) is 3.81. The summed E-state index contributed by atoms with van der Waals surface area (Å²) >= 11 is 0. The first-order valence-electron chi connectivity index (χ1n) is 6.56. The molecule has 1 fully saturated rings. The van der Waals surface area contributed by atoms with Gasteiger partial charge in [0.2, 0.25) is 5.88 Å². The number of nitrogens with zero attached hydrogens (tertiary/aromatic N) is 1. The van der Waals surface area contributed by atoms with Gasteiger partial charge in [-0.25, -0.2) is 9.37 Å². The summed E-state index contributed by atoms with van der Waals surface area (Å²) in [6.07, 6.45) is 5.59. The minimum atomic E-state index is -0.845. The highest BCUT2D eigenvalue weighted by atomic mass is 19.1. The molecule has 0 aromatic carbocycles. The Morgan fingerprint density at radius 1 is 1.42 bits per heavy atom. The van der Waals surface area contributed by atoms with Crippen molar-refractivity contribution in [2.75, 3.05) is 7.11 Å². The lowest BCUT2D eigenvalue weighted by Gasteiger charge is -2.22. The van der Waals surface area contributed by atoms with Gasteiger partial charge in [-0.05, 0) is 24.5 Å². The average molecular weight is 267 g/mol. The predicted octanol–water partition coefficient (Wildman–Crippen LogP) is 2.98. The van der Waals surface area contributed by atoms with Crippen LogP contribution in [0.4, 0.5) is 4.39 Å². The highest BCUT2D eigenvalue weighted by Crippen LogP contribution is 2.38. The highest BCUT2D eigenvalue weighted by Gasteiger charge is 2.33. The number of hydrogen-bond donors (Lipinski definition) is 1. The maximum absolute atomic E-state index is 14.2. The third-order valence-corrected chi connectivity index (χ3v) is 3.81. The van der Waals surface area contributed by atoms with Crippen molar-refractivity contribution in [3.63, 3.8) is 0 Å². The van der Waals surface area contributed by atoms with Gasteiger partial charge in [-0.15, -0.1) is 0 Å². The van der Waals surface area contributed by atoms with Crippen molar-refractivity contribution < 1.29 is 19.0 Å². The van der Waals surface area contributed by atoms with Gasteiger partial charge in [0.25, 0.3) is 0 Å². The Morgan fingerprint density at radius 2 is 2.16 bits per heavy atom. The number of halogens is 1. The van der Waals surface area contributed by atoms with Crippen LogP contribution in [-0.4, -0.2) is 23.2 Å². The molecule has 1 heterocycles. The van der Waals surface area contributed by atoms with Crippen molar-refractivity contribution >= 4 is 5.97 Å². The van der Waals surface area contributed by atoms with Crippen LogP contribution in [0.1, 0.15) is 43.6 Å². The number of rotatable bonds is 3. The van der Waals surface area contributed by atoms with Crippen molar-refractivity contribution in [2.45, 2.75) is 38.0 Å². The van der Waals surface area contributed by atoms with Crippen LogP contribution < -0.4 is 4.74 Å². The highest BCUT2D eigenvalue weighted by molar-refractivity contribution is 5.71. The molecule has 1 aliphatic carbocycles. The second-order valence-electron chi connectivity index (χ2n) is 4.91. The van der Waals surface area contributed by atoms with E-state index in [1.807, 2.05) is 0 Å². The molecule has 1 aromatic heterocycles. The van der Waals surface area contributed by atoms with E-state index in [1.54, 1.807) is 6.07 Å². The van der Waals surface area contributed by atoms with Crippen molar-refractivity contribution in [1.82, 2.24) is 4.98 Å². The SMILES string of the molecule is COc1nccc(C2CCCCCC2C(=O)O)c1F. The minimum Gasteiger partial charge on any atom is -0.481 e. The number of pyridine rings is 1. The maximum Gasteiger partial charge on any atom is 0.307 e. The van der Waals surface area contributed by atoms with E-state index in [0.29, 0.717) is 18.4 Å². The zero-order chi connectivity index (χ0) is 13.8. The summed E-state index contributed by atoms with van der Waals surface area (Å²) in [7, 11) is 1.36. The van der Waals surface area contributed by atoms with Gasteiger partial charge in [0.05, 0.1) is 13.0 Å². The Kier molecular flexibility index (Phi) is 4.35. The summed E-state index contributed by atoms with van der Waals surface area (Å²) in [4.78, 5) is 15.2. The van der Waals surface area contributed by atoms with Gasteiger partial charge < -0.3 is 9.84 Å². The lowest BCUT2D eigenvalue weighted by Crippen LogP contribution is -2.22. The van der Waals surface area contributed by atoms with Crippen LogP contribution >= 0.6 is 0 Å². The van der Waals surface area contributed by atoms with Crippen molar-refractivity contribution in [1.29, 1.82) is 0 Å². The molecule has 0 saturated heterocycles. The van der Waals surface area contributed by atoms with E-state index in [-0.39, 0.29) is 11.8 Å². The molecular formula is C14H18FNO3. The van der Waals surface area contributed by atoms with E-state index in [2.05, 4.69) is 4.98 Å². The normalized spacial score (nSPS) is 23.7. The summed E-state index contributed by atoms with van der Waals surface area (Å²) < 4.78 is 19.1. The van der Waals surface area contributed by atoms with Crippen molar-refractivity contribution in [2.24, 2.45) is 5.92 Å². The second kappa shape index (κ2) is 5.99. The number of carboxylic acid groups (broad SMARTS) is 1. The smallest absolute Gasteiger partial charge is 0.307 e. The molecule has 0 radical (unpaired) electrons. The zero-order valence-electron chi connectivity index (χ0n) is 10.9. The second-order valence-corrected chi connectivity index (χ2v) is 4.91. The molecule has 104 valence electrons. The topological polar surface area (TPSA) is 59.4 Å². The van der Waals surface area contributed by atoms with E-state index in [4.69, 9.17) is 4.74 Å². The van der Waals surface area contributed by atoms with Crippen LogP contribution in [0, 0.1) is 11.7 Å². The number of carboxylic acids is 1. The monoisotopic (exact) mass is 267 g/mol. The summed E-state index contributed by atoms with van der Waals surface area (Å²) in [6.45, 7) is 0. The molecule has 1 N–H and O–H groups in total. The van der Waals surface area contributed by atoms with Gasteiger partial charge >= 0.3 is 5.97 Å². The fraction of sp³-hybridized carbons (Fsp3) is 0.571. The number of ether oxygens (including phenoxy) is 1. The molecule has 1 aliphatic rings. The molecule has 19 heavy (non-hydrogen) atoms. The molecule has 0 spiro atoms. The van der Waals surface area contributed by atoms with E-state index < -0.39 is 17.7 Å². The number of aliphatic carboxylic acids is 1. The van der Waals surface area contributed by atoms with Gasteiger partial charge in [0, 0.05) is 12.1 Å². The molecule has 0 amide bonds. The van der Waals surface area contributed by atoms with Crippen LogP contribution in [-0.2, 0) is 4.79 Å². The zero-order valence-corrected chi connectivity index (χ0v) is 10.9. The molecular weight excluding hydrogens is 249 g/mol. The van der Waals surface area contributed by atoms with E-state index in [1.165, 1.54) is 13.3 Å². The molecule has 0 bridgehead atoms. The van der Waals surface area contributed by atoms with Crippen LogP contribution in [0.3, 0.4) is 0 Å². The van der Waals surface area contributed by atoms with Gasteiger partial charge in [-0.1, -0.05) is 19.3 Å². The molecule has 4 nitrogen and oxygen atoms in total. The summed E-state index contributed by atoms with van der Waals surface area (Å²) in [6, 6.07) is 1.57. The first-order chi connectivity index (χ1) is 9.15. The Morgan fingerprint density at radius 3 is 2.84 bits per heavy atom. The Balaban J connectivity index is 2.38. The fourth-order valence-electron chi connectivity index (χ4n) is 2.84. The Hall–Kier alpha value is -1.65. The molecule has 2 unspecified atom stereocenters. The first kappa shape index (κ1) is 13.8. The van der Waals surface area contributed by atoms with Crippen LogP contribution in [0.5, 0.6) is 5.88 Å². The summed E-state index contributed by atoms with van der Waals surface area (Å²) in [5, 5.41) is 9.34. The van der Waals surface area contributed by atoms with E-state index >= 15 is 0 Å². The summed E-state index contributed by atoms with van der Waals surface area (Å²) in [5.74, 6) is -2.25. The van der Waals surface area contributed by atoms with Crippen LogP contribution in [0.25, 0.3) is 0 Å². The number of aromatic nitrogens is 1. The van der Waals surface area contributed by atoms with Gasteiger partial charge in [-0.2, -0.15) is 0 Å². The number of carbonyl (C=O) groups is 1. The van der Waals surface area contributed by atoms with Crippen molar-refractivity contribution in [3.05, 3.63) is 23.6 Å². The maximum atomic E-state index is 14.2. The third kappa shape index (κ3) is 2.85. The molecule has 1 saturated carbocycles. The quantitative estimate of drug-likeness (QED) is 0.855. The van der Waals surface area contributed by atoms with Crippen molar-refractivity contribution in [3.8, 4) is 5.88 Å². The minimum absolute atomic E-state index is 0.0640. The summed E-state index contributed by atoms with van der Waals surface area (Å²) in [5.41, 5.74) is 0.418. The number of methoxy groups -OCH3 is 1. The Labute approximate surface area is 111 Å². The van der Waals surface area contributed by atoms with Gasteiger partial charge in [0.1, 0.15) is 0 Å². The molecule has 1 aromatic rings. The Bertz CT molecular complexity index is 464. The molecule has 2 rings (SSSR count). The molecule has 2 atom stereocenters.